The van der Waals surface area contributed by atoms with Crippen LogP contribution in [0.2, 0.25) is 0 Å². The molecule has 0 aromatic carbocycles. The number of hydrogen-bond donors (Lipinski definition) is 0. The molecule has 1 rings (SSSR count). The number of carbonyl (C=O) groups excluding carboxylic acids is 2. The SMILES string of the molecule is CCOC(=O)/C(C#N)=C1\CCN(C(=O)OC(C)(C)C)C1. The van der Waals surface area contributed by atoms with E-state index >= 15 is 0 Å². The van der Waals surface area contributed by atoms with Crippen LogP contribution in [-0.2, 0) is 14.3 Å². The number of likely N-dealkylation sites (tertiary alicyclic amines) is 1. The van der Waals surface area contributed by atoms with Crippen LogP contribution in [0.4, 0.5) is 4.79 Å². The van der Waals surface area contributed by atoms with Gasteiger partial charge >= 0.3 is 12.1 Å². The molecule has 1 heterocycles. The van der Waals surface area contributed by atoms with Gasteiger partial charge in [0.25, 0.3) is 0 Å². The summed E-state index contributed by atoms with van der Waals surface area (Å²) in [6.07, 6.45) is 0.0506. The molecule has 0 unspecified atom stereocenters. The van der Waals surface area contributed by atoms with E-state index in [1.165, 1.54) is 4.90 Å². The molecule has 0 spiro atoms. The second kappa shape index (κ2) is 6.42. The summed E-state index contributed by atoms with van der Waals surface area (Å²) in [6, 6.07) is 1.86. The van der Waals surface area contributed by atoms with Crippen LogP contribution in [-0.4, -0.2) is 42.3 Å². The molecule has 1 aliphatic heterocycles. The van der Waals surface area contributed by atoms with Gasteiger partial charge in [0.05, 0.1) is 6.61 Å². The van der Waals surface area contributed by atoms with Gasteiger partial charge in [-0.3, -0.25) is 0 Å². The molecule has 0 aromatic heterocycles. The Hall–Kier alpha value is -2.03. The van der Waals surface area contributed by atoms with E-state index in [1.54, 1.807) is 27.7 Å². The normalized spacial score (nSPS) is 17.4. The monoisotopic (exact) mass is 280 g/mol. The third-order valence-electron chi connectivity index (χ3n) is 2.66. The lowest BCUT2D eigenvalue weighted by atomic mass is 10.1. The van der Waals surface area contributed by atoms with Crippen molar-refractivity contribution in [3.05, 3.63) is 11.1 Å². The van der Waals surface area contributed by atoms with E-state index in [0.29, 0.717) is 18.5 Å². The van der Waals surface area contributed by atoms with Gasteiger partial charge in [-0.1, -0.05) is 0 Å². The third-order valence-corrected chi connectivity index (χ3v) is 2.66. The first kappa shape index (κ1) is 16.0. The van der Waals surface area contributed by atoms with E-state index in [2.05, 4.69) is 0 Å². The van der Waals surface area contributed by atoms with Gasteiger partial charge in [0.2, 0.25) is 0 Å². The summed E-state index contributed by atoms with van der Waals surface area (Å²) in [5.74, 6) is -0.629. The van der Waals surface area contributed by atoms with Gasteiger partial charge in [0, 0.05) is 13.1 Å². The molecule has 110 valence electrons. The highest BCUT2D eigenvalue weighted by molar-refractivity contribution is 5.94. The highest BCUT2D eigenvalue weighted by Crippen LogP contribution is 2.22. The van der Waals surface area contributed by atoms with Crippen molar-refractivity contribution in [1.82, 2.24) is 4.90 Å². The number of ether oxygens (including phenoxy) is 2. The minimum absolute atomic E-state index is 0.00194. The lowest BCUT2D eigenvalue weighted by Crippen LogP contribution is -2.35. The topological polar surface area (TPSA) is 79.6 Å². The largest absolute Gasteiger partial charge is 0.462 e. The van der Waals surface area contributed by atoms with E-state index in [0.717, 1.165) is 0 Å². The lowest BCUT2D eigenvalue weighted by Gasteiger charge is -2.23. The maximum Gasteiger partial charge on any atom is 0.410 e. The highest BCUT2D eigenvalue weighted by Gasteiger charge is 2.29. The second-order valence-electron chi connectivity index (χ2n) is 5.46. The quantitative estimate of drug-likeness (QED) is 0.439. The first-order chi connectivity index (χ1) is 9.28. The van der Waals surface area contributed by atoms with Crippen LogP contribution in [0.15, 0.2) is 11.1 Å². The fourth-order valence-electron chi connectivity index (χ4n) is 1.82. The molecule has 0 bridgehead atoms. The van der Waals surface area contributed by atoms with Crippen molar-refractivity contribution in [3.8, 4) is 6.07 Å². The molecule has 0 atom stereocenters. The van der Waals surface area contributed by atoms with Gasteiger partial charge in [-0.2, -0.15) is 5.26 Å². The summed E-state index contributed by atoms with van der Waals surface area (Å²) < 4.78 is 10.1. The van der Waals surface area contributed by atoms with Crippen molar-refractivity contribution in [2.24, 2.45) is 0 Å². The van der Waals surface area contributed by atoms with Crippen molar-refractivity contribution in [2.75, 3.05) is 19.7 Å². The van der Waals surface area contributed by atoms with Crippen molar-refractivity contribution >= 4 is 12.1 Å². The van der Waals surface area contributed by atoms with Gasteiger partial charge in [0.15, 0.2) is 0 Å². The number of amides is 1. The summed E-state index contributed by atoms with van der Waals surface area (Å²) in [4.78, 5) is 25.0. The summed E-state index contributed by atoms with van der Waals surface area (Å²) in [7, 11) is 0. The number of carbonyl (C=O) groups is 2. The maximum atomic E-state index is 11.9. The third kappa shape index (κ3) is 4.26. The number of nitriles is 1. The summed E-state index contributed by atoms with van der Waals surface area (Å²) >= 11 is 0. The van der Waals surface area contributed by atoms with Crippen LogP contribution in [0.3, 0.4) is 0 Å². The predicted molar refractivity (Wildman–Crippen MR) is 71.7 cm³/mol. The predicted octanol–water partition coefficient (Wildman–Crippen LogP) is 2.01. The molecular weight excluding hydrogens is 260 g/mol. The summed E-state index contributed by atoms with van der Waals surface area (Å²) in [5, 5.41) is 9.05. The zero-order chi connectivity index (χ0) is 15.3. The minimum atomic E-state index is -0.629. The maximum absolute atomic E-state index is 11.9. The van der Waals surface area contributed by atoms with Gasteiger partial charge < -0.3 is 14.4 Å². The smallest absolute Gasteiger partial charge is 0.410 e. The van der Waals surface area contributed by atoms with Gasteiger partial charge in [-0.15, -0.1) is 0 Å². The van der Waals surface area contributed by atoms with Crippen LogP contribution in [0.1, 0.15) is 34.1 Å². The number of rotatable bonds is 2. The first-order valence-corrected chi connectivity index (χ1v) is 6.55. The van der Waals surface area contributed by atoms with E-state index in [9.17, 15) is 9.59 Å². The molecule has 1 fully saturated rings. The molecule has 0 saturated carbocycles. The molecule has 1 saturated heterocycles. The number of esters is 1. The molecule has 6 nitrogen and oxygen atoms in total. The Morgan fingerprint density at radius 1 is 1.40 bits per heavy atom. The Balaban J connectivity index is 2.77. The van der Waals surface area contributed by atoms with E-state index < -0.39 is 17.7 Å². The fraction of sp³-hybridized carbons (Fsp3) is 0.643. The van der Waals surface area contributed by atoms with Crippen LogP contribution in [0, 0.1) is 11.3 Å². The molecule has 0 N–H and O–H groups in total. The molecule has 0 aromatic rings. The Kier molecular flexibility index (Phi) is 5.14. The number of nitrogens with zero attached hydrogens (tertiary/aromatic N) is 2. The van der Waals surface area contributed by atoms with E-state index in [4.69, 9.17) is 14.7 Å². The van der Waals surface area contributed by atoms with Crippen LogP contribution in [0.25, 0.3) is 0 Å². The molecule has 0 aliphatic carbocycles. The highest BCUT2D eigenvalue weighted by atomic mass is 16.6. The van der Waals surface area contributed by atoms with E-state index in [-0.39, 0.29) is 18.7 Å². The summed E-state index contributed by atoms with van der Waals surface area (Å²) in [5.41, 5.74) is 0.0534. The molecule has 1 aliphatic rings. The lowest BCUT2D eigenvalue weighted by molar-refractivity contribution is -0.138. The van der Waals surface area contributed by atoms with Crippen molar-refractivity contribution in [1.29, 1.82) is 5.26 Å². The average Bonchev–Trinajstić information content (AvgIpc) is 2.77. The molecule has 0 radical (unpaired) electrons. The standard InChI is InChI=1S/C14H20N2O4/c1-5-19-12(17)11(8-15)10-6-7-16(9-10)13(18)20-14(2,3)4/h5-7,9H2,1-4H3/b11-10+. The molecule has 6 heteroatoms. The van der Waals surface area contributed by atoms with Crippen LogP contribution >= 0.6 is 0 Å². The van der Waals surface area contributed by atoms with Crippen molar-refractivity contribution < 1.29 is 19.1 Å². The Bertz CT molecular complexity index is 469. The summed E-state index contributed by atoms with van der Waals surface area (Å²) in [6.45, 7) is 7.93. The zero-order valence-electron chi connectivity index (χ0n) is 12.4. The average molecular weight is 280 g/mol. The van der Waals surface area contributed by atoms with Crippen molar-refractivity contribution in [3.63, 3.8) is 0 Å². The first-order valence-electron chi connectivity index (χ1n) is 6.55. The van der Waals surface area contributed by atoms with Crippen LogP contribution in [0.5, 0.6) is 0 Å². The Morgan fingerprint density at radius 3 is 2.55 bits per heavy atom. The zero-order valence-corrected chi connectivity index (χ0v) is 12.4. The van der Waals surface area contributed by atoms with E-state index in [1.807, 2.05) is 6.07 Å². The Labute approximate surface area is 118 Å². The van der Waals surface area contributed by atoms with Gasteiger partial charge in [-0.25, -0.2) is 9.59 Å². The van der Waals surface area contributed by atoms with Crippen LogP contribution < -0.4 is 0 Å². The van der Waals surface area contributed by atoms with Gasteiger partial charge in [-0.05, 0) is 39.7 Å². The van der Waals surface area contributed by atoms with Crippen molar-refractivity contribution in [2.45, 2.75) is 39.7 Å². The molecule has 20 heavy (non-hydrogen) atoms. The second-order valence-corrected chi connectivity index (χ2v) is 5.46. The van der Waals surface area contributed by atoms with Gasteiger partial charge in [0.1, 0.15) is 17.2 Å². The Morgan fingerprint density at radius 2 is 2.05 bits per heavy atom. The molecule has 1 amide bonds. The number of hydrogen-bond acceptors (Lipinski definition) is 5. The molecular formula is C14H20N2O4. The fourth-order valence-corrected chi connectivity index (χ4v) is 1.82. The minimum Gasteiger partial charge on any atom is -0.462 e.